The number of carbonyl (C=O) groups is 3. The summed E-state index contributed by atoms with van der Waals surface area (Å²) >= 11 is 2.14. The summed E-state index contributed by atoms with van der Waals surface area (Å²) < 4.78 is 12.6. The summed E-state index contributed by atoms with van der Waals surface area (Å²) in [6.45, 7) is 1.59. The normalized spacial score (nSPS) is 13.5. The van der Waals surface area contributed by atoms with E-state index in [1.165, 1.54) is 31.7 Å². The van der Waals surface area contributed by atoms with Crippen molar-refractivity contribution in [1.29, 1.82) is 0 Å². The highest BCUT2D eigenvalue weighted by molar-refractivity contribution is 7.99. The monoisotopic (exact) mass is 529 g/mol. The van der Waals surface area contributed by atoms with Crippen molar-refractivity contribution in [2.75, 3.05) is 18.2 Å². The fourth-order valence-electron chi connectivity index (χ4n) is 4.05. The van der Waals surface area contributed by atoms with Crippen molar-refractivity contribution in [3.63, 3.8) is 0 Å². The molecule has 2 aromatic heterocycles. The number of nitrogens with two attached hydrogens (primary N) is 1. The lowest BCUT2D eigenvalue weighted by Crippen LogP contribution is -2.16. The predicted molar refractivity (Wildman–Crippen MR) is 138 cm³/mol. The fraction of sp³-hybridized carbons (Fsp3) is 0.375. The van der Waals surface area contributed by atoms with Gasteiger partial charge in [0.1, 0.15) is 10.8 Å². The maximum absolute atomic E-state index is 12.6. The summed E-state index contributed by atoms with van der Waals surface area (Å²) in [5, 5.41) is 11.9. The van der Waals surface area contributed by atoms with Crippen LogP contribution in [0.25, 0.3) is 11.4 Å². The molecule has 36 heavy (non-hydrogen) atoms. The highest BCUT2D eigenvalue weighted by atomic mass is 32.2. The Hall–Kier alpha value is -3.38. The van der Waals surface area contributed by atoms with Gasteiger partial charge < -0.3 is 25.1 Å². The lowest BCUT2D eigenvalue weighted by atomic mass is 10.1. The van der Waals surface area contributed by atoms with E-state index in [0.717, 1.165) is 35.5 Å². The topological polar surface area (TPSA) is 138 Å². The molecule has 0 unspecified atom stereocenters. The second-order valence-electron chi connectivity index (χ2n) is 8.37. The maximum Gasteiger partial charge on any atom is 0.341 e. The number of anilines is 1. The molecule has 3 aromatic rings. The van der Waals surface area contributed by atoms with Crippen LogP contribution in [0.5, 0.6) is 5.75 Å². The number of amides is 2. The van der Waals surface area contributed by atoms with E-state index in [2.05, 4.69) is 15.5 Å². The number of hydrogen-bond donors (Lipinski definition) is 2. The number of nitrogens with zero attached hydrogens (tertiary/aromatic N) is 3. The van der Waals surface area contributed by atoms with Crippen molar-refractivity contribution in [2.45, 2.75) is 43.9 Å². The molecule has 0 saturated heterocycles. The molecular weight excluding hydrogens is 502 g/mol. The van der Waals surface area contributed by atoms with E-state index in [-0.39, 0.29) is 27.1 Å². The minimum absolute atomic E-state index is 0.0175. The molecule has 0 bridgehead atoms. The second-order valence-corrected chi connectivity index (χ2v) is 10.3. The van der Waals surface area contributed by atoms with Gasteiger partial charge in [-0.1, -0.05) is 11.8 Å². The molecule has 2 heterocycles. The molecule has 1 aliphatic carbocycles. The minimum Gasteiger partial charge on any atom is -0.490 e. The highest BCUT2D eigenvalue weighted by Crippen LogP contribution is 2.34. The summed E-state index contributed by atoms with van der Waals surface area (Å²) in [6.07, 6.45) is 4.93. The molecule has 12 heteroatoms. The molecule has 1 aromatic carbocycles. The Bertz CT molecular complexity index is 1280. The smallest absolute Gasteiger partial charge is 0.341 e. The van der Waals surface area contributed by atoms with Crippen molar-refractivity contribution in [3.8, 4) is 17.1 Å². The van der Waals surface area contributed by atoms with Crippen LogP contribution in [-0.2, 0) is 16.6 Å². The third-order valence-corrected chi connectivity index (χ3v) is 8.14. The van der Waals surface area contributed by atoms with Gasteiger partial charge in [0.25, 0.3) is 5.91 Å². The summed E-state index contributed by atoms with van der Waals surface area (Å²) in [5.41, 5.74) is 6.77. The molecule has 3 N–H and O–H groups in total. The van der Waals surface area contributed by atoms with Gasteiger partial charge in [-0.15, -0.1) is 21.5 Å². The van der Waals surface area contributed by atoms with E-state index >= 15 is 0 Å². The van der Waals surface area contributed by atoms with Gasteiger partial charge in [0.2, 0.25) is 5.91 Å². The number of rotatable bonds is 9. The number of nitrogens with one attached hydrogen (secondary N) is 1. The molecule has 0 aliphatic heterocycles. The Morgan fingerprint density at radius 3 is 2.53 bits per heavy atom. The third-order valence-electron chi connectivity index (χ3n) is 5.90. The first-order chi connectivity index (χ1) is 17.3. The van der Waals surface area contributed by atoms with Crippen LogP contribution in [0.15, 0.2) is 29.4 Å². The lowest BCUT2D eigenvalue weighted by molar-refractivity contribution is -0.113. The largest absolute Gasteiger partial charge is 0.490 e. The molecular formula is C24H27N5O5S2. The molecule has 2 amide bonds. The van der Waals surface area contributed by atoms with E-state index in [1.807, 2.05) is 35.9 Å². The van der Waals surface area contributed by atoms with Gasteiger partial charge in [0.15, 0.2) is 11.0 Å². The molecule has 190 valence electrons. The number of aromatic nitrogens is 3. The number of carbonyl (C=O) groups excluding carboxylic acids is 3. The number of ether oxygens (including phenoxy) is 2. The van der Waals surface area contributed by atoms with Gasteiger partial charge in [0.05, 0.1) is 29.4 Å². The average molecular weight is 530 g/mol. The van der Waals surface area contributed by atoms with Crippen molar-refractivity contribution in [1.82, 2.24) is 14.8 Å². The fourth-order valence-corrected chi connectivity index (χ4v) is 5.82. The Morgan fingerprint density at radius 1 is 1.19 bits per heavy atom. The third kappa shape index (κ3) is 5.54. The average Bonchev–Trinajstić information content (AvgIpc) is 3.58. The van der Waals surface area contributed by atoms with E-state index in [9.17, 15) is 14.4 Å². The first-order valence-corrected chi connectivity index (χ1v) is 13.2. The number of primary amides is 1. The van der Waals surface area contributed by atoms with Crippen molar-refractivity contribution in [3.05, 3.63) is 40.3 Å². The number of hydrogen-bond acceptors (Lipinski definition) is 9. The Kier molecular flexibility index (Phi) is 7.94. The SMILES string of the molecule is COC(=O)c1c(NC(=O)CSc2nnc(-c3ccc(OC4CCCC4)cc3)n2C)sc(C(N)=O)c1C. The quantitative estimate of drug-likeness (QED) is 0.315. The number of thioether (sulfide) groups is 1. The molecule has 0 atom stereocenters. The van der Waals surface area contributed by atoms with E-state index in [4.69, 9.17) is 15.2 Å². The summed E-state index contributed by atoms with van der Waals surface area (Å²) in [7, 11) is 3.06. The van der Waals surface area contributed by atoms with Crippen molar-refractivity contribution >= 4 is 45.9 Å². The van der Waals surface area contributed by atoms with Gasteiger partial charge in [-0.25, -0.2) is 4.79 Å². The zero-order valence-corrected chi connectivity index (χ0v) is 21.8. The first-order valence-electron chi connectivity index (χ1n) is 11.4. The molecule has 0 spiro atoms. The number of methoxy groups -OCH3 is 1. The number of thiophene rings is 1. The summed E-state index contributed by atoms with van der Waals surface area (Å²) in [6, 6.07) is 7.76. The van der Waals surface area contributed by atoms with Gasteiger partial charge in [-0.2, -0.15) is 0 Å². The highest BCUT2D eigenvalue weighted by Gasteiger charge is 2.25. The Morgan fingerprint density at radius 2 is 1.89 bits per heavy atom. The van der Waals surface area contributed by atoms with E-state index in [1.54, 1.807) is 6.92 Å². The molecule has 0 radical (unpaired) electrons. The van der Waals surface area contributed by atoms with E-state index in [0.29, 0.717) is 22.6 Å². The molecule has 4 rings (SSSR count). The van der Waals surface area contributed by atoms with Crippen LogP contribution in [-0.4, -0.2) is 51.5 Å². The molecule has 1 aliphatic rings. The standard InChI is InChI=1S/C24H27N5O5S2/c1-13-18(23(32)33-3)22(36-19(13)20(25)31)26-17(30)12-35-24-28-27-21(29(24)2)14-8-10-16(11-9-14)34-15-6-4-5-7-15/h8-11,15H,4-7,12H2,1-3H3,(H2,25,31)(H,26,30). The van der Waals surface area contributed by atoms with Crippen LogP contribution in [0.3, 0.4) is 0 Å². The van der Waals surface area contributed by atoms with Gasteiger partial charge in [0, 0.05) is 12.6 Å². The predicted octanol–water partition coefficient (Wildman–Crippen LogP) is 3.79. The summed E-state index contributed by atoms with van der Waals surface area (Å²) in [5.74, 6) is -0.185. The molecule has 1 saturated carbocycles. The molecule has 10 nitrogen and oxygen atoms in total. The van der Waals surface area contributed by atoms with Crippen molar-refractivity contribution in [2.24, 2.45) is 12.8 Å². The second kappa shape index (κ2) is 11.1. The minimum atomic E-state index is -0.678. The number of esters is 1. The van der Waals surface area contributed by atoms with Crippen LogP contribution in [0, 0.1) is 6.92 Å². The summed E-state index contributed by atoms with van der Waals surface area (Å²) in [4.78, 5) is 36.7. The lowest BCUT2D eigenvalue weighted by Gasteiger charge is -2.13. The van der Waals surface area contributed by atoms with E-state index < -0.39 is 11.9 Å². The Balaban J connectivity index is 1.40. The van der Waals surface area contributed by atoms with Crippen LogP contribution < -0.4 is 15.8 Å². The number of benzene rings is 1. The van der Waals surface area contributed by atoms with Gasteiger partial charge in [-0.3, -0.25) is 9.59 Å². The van der Waals surface area contributed by atoms with Crippen LogP contribution in [0.2, 0.25) is 0 Å². The zero-order valence-electron chi connectivity index (χ0n) is 20.2. The zero-order chi connectivity index (χ0) is 25.8. The first kappa shape index (κ1) is 25.7. The van der Waals surface area contributed by atoms with Crippen LogP contribution >= 0.6 is 23.1 Å². The molecule has 1 fully saturated rings. The van der Waals surface area contributed by atoms with Gasteiger partial charge in [-0.05, 0) is 62.4 Å². The van der Waals surface area contributed by atoms with Crippen LogP contribution in [0.4, 0.5) is 5.00 Å². The van der Waals surface area contributed by atoms with Gasteiger partial charge >= 0.3 is 5.97 Å². The maximum atomic E-state index is 12.6. The van der Waals surface area contributed by atoms with Crippen LogP contribution in [0.1, 0.15) is 51.3 Å². The Labute approximate surface area is 216 Å². The van der Waals surface area contributed by atoms with Crippen molar-refractivity contribution < 1.29 is 23.9 Å².